The van der Waals surface area contributed by atoms with Crippen LogP contribution in [0.15, 0.2) is 46.4 Å². The molecule has 23 heavy (non-hydrogen) atoms. The Morgan fingerprint density at radius 2 is 1.17 bits per heavy atom. The van der Waals surface area contributed by atoms with Crippen molar-refractivity contribution in [2.45, 2.75) is 0 Å². The first-order valence-electron chi connectivity index (χ1n) is 6.56. The molecular weight excluding hydrogens is 340 g/mol. The van der Waals surface area contributed by atoms with Crippen LogP contribution in [0.1, 0.15) is 11.1 Å². The van der Waals surface area contributed by atoms with Gasteiger partial charge in [-0.15, -0.1) is 0 Å². The van der Waals surface area contributed by atoms with E-state index in [1.165, 1.54) is 48.8 Å². The van der Waals surface area contributed by atoms with Crippen molar-refractivity contribution in [1.29, 1.82) is 0 Å². The van der Waals surface area contributed by atoms with Crippen LogP contribution in [0, 0.1) is 0 Å². The first-order valence-corrected chi connectivity index (χ1v) is 6.56. The summed E-state index contributed by atoms with van der Waals surface area (Å²) in [6.07, 6.45) is 2.76. The van der Waals surface area contributed by atoms with E-state index in [0.29, 0.717) is 24.2 Å². The number of rotatable bonds is 5. The van der Waals surface area contributed by atoms with E-state index in [-0.39, 0.29) is 40.1 Å². The molecule has 0 spiro atoms. The minimum absolute atomic E-state index is 0. The predicted octanol–water partition coefficient (Wildman–Crippen LogP) is 0.780. The van der Waals surface area contributed by atoms with Gasteiger partial charge in [0.05, 0.1) is 13.1 Å². The summed E-state index contributed by atoms with van der Waals surface area (Å²) in [5, 5.41) is 41.5. The van der Waals surface area contributed by atoms with Gasteiger partial charge in [0.2, 0.25) is 0 Å². The maximum absolute atomic E-state index is 11.5. The number of aliphatic imine (C=N–C) groups is 2. The molecule has 0 atom stereocenters. The van der Waals surface area contributed by atoms with E-state index in [1.54, 1.807) is 0 Å². The van der Waals surface area contributed by atoms with Gasteiger partial charge in [-0.1, -0.05) is 23.6 Å². The summed E-state index contributed by atoms with van der Waals surface area (Å²) < 4.78 is 0. The molecule has 0 aliphatic rings. The van der Waals surface area contributed by atoms with Crippen LogP contribution in [0.5, 0.6) is 23.0 Å². The third-order valence-electron chi connectivity index (χ3n) is 2.81. The third kappa shape index (κ3) is 5.65. The van der Waals surface area contributed by atoms with Gasteiger partial charge in [-0.2, -0.15) is 0 Å². The molecule has 0 saturated carbocycles. The fourth-order valence-corrected chi connectivity index (χ4v) is 1.71. The van der Waals surface area contributed by atoms with Crippen molar-refractivity contribution in [2.75, 3.05) is 13.1 Å². The van der Waals surface area contributed by atoms with E-state index in [9.17, 15) is 20.4 Å². The van der Waals surface area contributed by atoms with Gasteiger partial charge >= 0.3 is 17.1 Å². The van der Waals surface area contributed by atoms with Crippen molar-refractivity contribution in [3.05, 3.63) is 47.5 Å². The number of aromatic hydroxyl groups is 2. The van der Waals surface area contributed by atoms with Gasteiger partial charge in [0.1, 0.15) is 11.5 Å². The first kappa shape index (κ1) is 18.5. The Labute approximate surface area is 144 Å². The third-order valence-corrected chi connectivity index (χ3v) is 2.81. The van der Waals surface area contributed by atoms with Crippen molar-refractivity contribution in [3.63, 3.8) is 0 Å². The summed E-state index contributed by atoms with van der Waals surface area (Å²) in [5.41, 5.74) is 0.609. The Bertz CT molecular complexity index is 656. The average Bonchev–Trinajstić information content (AvgIpc) is 2.49. The van der Waals surface area contributed by atoms with Crippen LogP contribution in [-0.4, -0.2) is 35.7 Å². The van der Waals surface area contributed by atoms with Crippen LogP contribution < -0.4 is 10.2 Å². The van der Waals surface area contributed by atoms with E-state index in [0.717, 1.165) is 0 Å². The molecule has 0 amide bonds. The van der Waals surface area contributed by atoms with Gasteiger partial charge in [-0.25, -0.2) is 0 Å². The van der Waals surface area contributed by atoms with Gasteiger partial charge in [-0.3, -0.25) is 9.98 Å². The quantitative estimate of drug-likeness (QED) is 0.470. The van der Waals surface area contributed by atoms with Gasteiger partial charge < -0.3 is 20.4 Å². The molecule has 0 unspecified atom stereocenters. The zero-order valence-electron chi connectivity index (χ0n) is 12.0. The molecule has 2 aromatic rings. The molecule has 2 rings (SSSR count). The van der Waals surface area contributed by atoms with Gasteiger partial charge in [0, 0.05) is 12.4 Å². The van der Waals surface area contributed by atoms with E-state index in [1.807, 2.05) is 0 Å². The van der Waals surface area contributed by atoms with Gasteiger partial charge in [0.25, 0.3) is 0 Å². The maximum Gasteiger partial charge on any atom is 2.00 e. The fourth-order valence-electron chi connectivity index (χ4n) is 1.71. The molecule has 0 fully saturated rings. The van der Waals surface area contributed by atoms with Crippen LogP contribution in [-0.2, 0) is 17.1 Å². The van der Waals surface area contributed by atoms with Crippen LogP contribution in [0.4, 0.5) is 0 Å². The van der Waals surface area contributed by atoms with E-state index >= 15 is 0 Å². The second kappa shape index (κ2) is 8.82. The summed E-state index contributed by atoms with van der Waals surface area (Å²) >= 11 is 0. The minimum atomic E-state index is -0.221. The van der Waals surface area contributed by atoms with Gasteiger partial charge in [-0.05, 0) is 35.4 Å². The smallest absolute Gasteiger partial charge is 0.872 e. The normalized spacial score (nSPS) is 11.0. The van der Waals surface area contributed by atoms with E-state index in [4.69, 9.17) is 0 Å². The molecule has 0 aliphatic carbocycles. The van der Waals surface area contributed by atoms with Crippen LogP contribution in [0.2, 0.25) is 0 Å². The van der Waals surface area contributed by atoms with Crippen LogP contribution >= 0.6 is 0 Å². The Morgan fingerprint density at radius 3 is 1.57 bits per heavy atom. The molecule has 0 radical (unpaired) electrons. The van der Waals surface area contributed by atoms with Crippen molar-refractivity contribution in [3.8, 4) is 23.0 Å². The SMILES string of the molecule is [Fe+2].[O-]c1ccc(O)cc1C=NCCN=Cc1cc(O)ccc1[O-]. The molecule has 0 aliphatic heterocycles. The Hall–Kier alpha value is -2.50. The second-order valence-electron chi connectivity index (χ2n) is 4.51. The van der Waals surface area contributed by atoms with Crippen molar-refractivity contribution >= 4 is 12.4 Å². The number of nitrogens with zero attached hydrogens (tertiary/aromatic N) is 2. The second-order valence-corrected chi connectivity index (χ2v) is 4.51. The van der Waals surface area contributed by atoms with Gasteiger partial charge in [0.15, 0.2) is 0 Å². The largest absolute Gasteiger partial charge is 2.00 e. The molecule has 120 valence electrons. The first-order chi connectivity index (χ1) is 10.6. The summed E-state index contributed by atoms with van der Waals surface area (Å²) in [6.45, 7) is 0.664. The molecule has 0 bridgehead atoms. The van der Waals surface area contributed by atoms with Crippen molar-refractivity contribution in [2.24, 2.45) is 9.98 Å². The number of hydrogen-bond acceptors (Lipinski definition) is 6. The zero-order chi connectivity index (χ0) is 15.9. The molecular formula is C16H14FeN2O4. The number of phenolic OH excluding ortho intramolecular Hbond substituents is 2. The standard InChI is InChI=1S/C16H16N2O4.Fe/c19-13-1-3-15(21)11(7-13)9-17-5-6-18-10-12-8-14(20)2-4-16(12)22;/h1-4,7-10,19-22H,5-6H2;/q;+2/p-2. The summed E-state index contributed by atoms with van der Waals surface area (Å²) in [7, 11) is 0. The van der Waals surface area contributed by atoms with E-state index in [2.05, 4.69) is 9.98 Å². The summed E-state index contributed by atoms with van der Waals surface area (Å²) in [5.74, 6) is -0.432. The van der Waals surface area contributed by atoms with E-state index < -0.39 is 0 Å². The van der Waals surface area contributed by atoms with Crippen molar-refractivity contribution in [1.82, 2.24) is 0 Å². The molecule has 0 aromatic heterocycles. The Kier molecular flexibility index (Phi) is 7.12. The number of benzene rings is 2. The predicted molar refractivity (Wildman–Crippen MR) is 80.0 cm³/mol. The number of hydrogen-bond donors (Lipinski definition) is 2. The Morgan fingerprint density at radius 1 is 0.783 bits per heavy atom. The minimum Gasteiger partial charge on any atom is -0.872 e. The van der Waals surface area contributed by atoms with Crippen molar-refractivity contribution < 1.29 is 37.5 Å². The molecule has 6 nitrogen and oxygen atoms in total. The average molecular weight is 354 g/mol. The number of phenols is 2. The maximum atomic E-state index is 11.5. The fraction of sp³-hybridized carbons (Fsp3) is 0.125. The topological polar surface area (TPSA) is 111 Å². The summed E-state index contributed by atoms with van der Waals surface area (Å²) in [6, 6.07) is 7.86. The molecule has 2 N–H and O–H groups in total. The Balaban J connectivity index is 0.00000264. The zero-order valence-corrected chi connectivity index (χ0v) is 13.1. The molecule has 0 saturated heterocycles. The molecule has 2 aromatic carbocycles. The molecule has 0 heterocycles. The van der Waals surface area contributed by atoms with Crippen LogP contribution in [0.25, 0.3) is 0 Å². The monoisotopic (exact) mass is 354 g/mol. The van der Waals surface area contributed by atoms with Crippen LogP contribution in [0.3, 0.4) is 0 Å². The molecule has 7 heteroatoms. The summed E-state index contributed by atoms with van der Waals surface area (Å²) in [4.78, 5) is 8.07.